The van der Waals surface area contributed by atoms with E-state index in [2.05, 4.69) is 15.3 Å². The summed E-state index contributed by atoms with van der Waals surface area (Å²) in [6.45, 7) is 4.32. The zero-order valence-electron chi connectivity index (χ0n) is 12.1. The number of aryl methyl sites for hydroxylation is 1. The fraction of sp³-hybridized carbons (Fsp3) is 0.467. The molecule has 3 heterocycles. The van der Waals surface area contributed by atoms with Crippen LogP contribution in [0.2, 0.25) is 0 Å². The van der Waals surface area contributed by atoms with Crippen LogP contribution in [0.5, 0.6) is 0 Å². The SMILES string of the molecule is Cc1ccc(CN[C@@H]2CCCN(c3ncc[nH]c3=O)C2)o1. The fourth-order valence-electron chi connectivity index (χ4n) is 2.73. The van der Waals surface area contributed by atoms with Crippen molar-refractivity contribution >= 4 is 5.82 Å². The highest BCUT2D eigenvalue weighted by atomic mass is 16.3. The number of rotatable bonds is 4. The van der Waals surface area contributed by atoms with Crippen molar-refractivity contribution in [1.29, 1.82) is 0 Å². The van der Waals surface area contributed by atoms with Gasteiger partial charge in [0, 0.05) is 31.5 Å². The molecule has 3 rings (SSSR count). The molecule has 2 aromatic heterocycles. The minimum Gasteiger partial charge on any atom is -0.465 e. The minimum atomic E-state index is -0.125. The summed E-state index contributed by atoms with van der Waals surface area (Å²) in [5.41, 5.74) is -0.125. The summed E-state index contributed by atoms with van der Waals surface area (Å²) in [6, 6.07) is 4.30. The van der Waals surface area contributed by atoms with Crippen molar-refractivity contribution in [1.82, 2.24) is 15.3 Å². The van der Waals surface area contributed by atoms with Crippen LogP contribution in [0.15, 0.2) is 33.7 Å². The first kappa shape index (κ1) is 13.9. The maximum atomic E-state index is 11.8. The average molecular weight is 288 g/mol. The summed E-state index contributed by atoms with van der Waals surface area (Å²) in [5, 5.41) is 3.49. The molecule has 1 atom stereocenters. The second kappa shape index (κ2) is 6.13. The Morgan fingerprint density at radius 1 is 1.52 bits per heavy atom. The van der Waals surface area contributed by atoms with E-state index in [4.69, 9.17) is 4.42 Å². The third kappa shape index (κ3) is 3.33. The third-order valence-electron chi connectivity index (χ3n) is 3.77. The van der Waals surface area contributed by atoms with Gasteiger partial charge in [0.2, 0.25) is 0 Å². The number of furan rings is 1. The predicted molar refractivity (Wildman–Crippen MR) is 80.4 cm³/mol. The number of hydrogen-bond acceptors (Lipinski definition) is 5. The lowest BCUT2D eigenvalue weighted by Gasteiger charge is -2.33. The van der Waals surface area contributed by atoms with Crippen LogP contribution < -0.4 is 15.8 Å². The molecule has 112 valence electrons. The van der Waals surface area contributed by atoms with Crippen molar-refractivity contribution < 1.29 is 4.42 Å². The van der Waals surface area contributed by atoms with Gasteiger partial charge in [-0.05, 0) is 31.9 Å². The Morgan fingerprint density at radius 3 is 3.19 bits per heavy atom. The highest BCUT2D eigenvalue weighted by molar-refractivity contribution is 5.36. The van der Waals surface area contributed by atoms with Gasteiger partial charge in [0.25, 0.3) is 5.56 Å². The van der Waals surface area contributed by atoms with E-state index in [1.165, 1.54) is 0 Å². The van der Waals surface area contributed by atoms with Gasteiger partial charge in [-0.2, -0.15) is 0 Å². The number of hydrogen-bond donors (Lipinski definition) is 2. The highest BCUT2D eigenvalue weighted by Crippen LogP contribution is 2.15. The number of aromatic nitrogens is 2. The maximum Gasteiger partial charge on any atom is 0.290 e. The van der Waals surface area contributed by atoms with E-state index in [0.717, 1.165) is 37.5 Å². The smallest absolute Gasteiger partial charge is 0.290 e. The van der Waals surface area contributed by atoms with E-state index in [1.807, 2.05) is 24.0 Å². The van der Waals surface area contributed by atoms with Crippen LogP contribution in [0.3, 0.4) is 0 Å². The first-order valence-electron chi connectivity index (χ1n) is 7.30. The molecule has 2 aromatic rings. The molecule has 21 heavy (non-hydrogen) atoms. The monoisotopic (exact) mass is 288 g/mol. The highest BCUT2D eigenvalue weighted by Gasteiger charge is 2.22. The minimum absolute atomic E-state index is 0.125. The summed E-state index contributed by atoms with van der Waals surface area (Å²) in [4.78, 5) is 20.7. The molecule has 0 amide bonds. The zero-order valence-corrected chi connectivity index (χ0v) is 12.1. The number of aromatic amines is 1. The van der Waals surface area contributed by atoms with Crippen LogP contribution in [-0.2, 0) is 6.54 Å². The first-order valence-corrected chi connectivity index (χ1v) is 7.30. The molecule has 1 aliphatic heterocycles. The Morgan fingerprint density at radius 2 is 2.43 bits per heavy atom. The lowest BCUT2D eigenvalue weighted by atomic mass is 10.1. The molecule has 0 aromatic carbocycles. The molecule has 0 bridgehead atoms. The Labute approximate surface area is 123 Å². The van der Waals surface area contributed by atoms with Gasteiger partial charge < -0.3 is 19.6 Å². The molecule has 0 spiro atoms. The first-order chi connectivity index (χ1) is 10.2. The molecule has 6 nitrogen and oxygen atoms in total. The number of anilines is 1. The largest absolute Gasteiger partial charge is 0.465 e. The van der Waals surface area contributed by atoms with Gasteiger partial charge in [-0.25, -0.2) is 4.98 Å². The Hall–Kier alpha value is -2.08. The van der Waals surface area contributed by atoms with Gasteiger partial charge in [-0.1, -0.05) is 0 Å². The third-order valence-corrected chi connectivity index (χ3v) is 3.77. The van der Waals surface area contributed by atoms with Crippen LogP contribution in [-0.4, -0.2) is 29.1 Å². The quantitative estimate of drug-likeness (QED) is 0.890. The molecule has 0 saturated carbocycles. The summed E-state index contributed by atoms with van der Waals surface area (Å²) in [5.74, 6) is 2.38. The Bertz CT molecular complexity index is 649. The number of piperidine rings is 1. The standard InChI is InChI=1S/C15H20N4O2/c1-11-4-5-13(21-11)9-18-12-3-2-8-19(10-12)14-15(20)17-7-6-16-14/h4-7,12,18H,2-3,8-10H2,1H3,(H,17,20)/t12-/m1/s1. The lowest BCUT2D eigenvalue weighted by Crippen LogP contribution is -2.47. The molecule has 1 aliphatic rings. The van der Waals surface area contributed by atoms with Gasteiger partial charge >= 0.3 is 0 Å². The molecular formula is C15H20N4O2. The Kier molecular flexibility index (Phi) is 4.06. The molecule has 0 aliphatic carbocycles. The zero-order chi connectivity index (χ0) is 14.7. The lowest BCUT2D eigenvalue weighted by molar-refractivity contribution is 0.389. The molecule has 0 unspecified atom stereocenters. The molecule has 1 saturated heterocycles. The van der Waals surface area contributed by atoms with Gasteiger partial charge in [0.05, 0.1) is 6.54 Å². The molecule has 1 fully saturated rings. The van der Waals surface area contributed by atoms with Crippen LogP contribution in [0, 0.1) is 6.92 Å². The molecule has 2 N–H and O–H groups in total. The summed E-state index contributed by atoms with van der Waals surface area (Å²) in [6.07, 6.45) is 5.33. The van der Waals surface area contributed by atoms with E-state index in [9.17, 15) is 4.79 Å². The van der Waals surface area contributed by atoms with Crippen LogP contribution in [0.1, 0.15) is 24.4 Å². The van der Waals surface area contributed by atoms with E-state index in [0.29, 0.717) is 18.4 Å². The summed E-state index contributed by atoms with van der Waals surface area (Å²) in [7, 11) is 0. The average Bonchev–Trinajstić information content (AvgIpc) is 2.92. The van der Waals surface area contributed by atoms with E-state index in [1.54, 1.807) is 12.4 Å². The van der Waals surface area contributed by atoms with Gasteiger partial charge in [0.15, 0.2) is 5.82 Å². The second-order valence-corrected chi connectivity index (χ2v) is 5.42. The summed E-state index contributed by atoms with van der Waals surface area (Å²) < 4.78 is 5.56. The van der Waals surface area contributed by atoms with Crippen LogP contribution in [0.25, 0.3) is 0 Å². The number of H-pyrrole nitrogens is 1. The van der Waals surface area contributed by atoms with Crippen molar-refractivity contribution in [2.75, 3.05) is 18.0 Å². The van der Waals surface area contributed by atoms with Crippen molar-refractivity contribution in [3.8, 4) is 0 Å². The number of nitrogens with one attached hydrogen (secondary N) is 2. The number of nitrogens with zero attached hydrogens (tertiary/aromatic N) is 2. The van der Waals surface area contributed by atoms with Crippen LogP contribution >= 0.6 is 0 Å². The summed E-state index contributed by atoms with van der Waals surface area (Å²) >= 11 is 0. The fourth-order valence-corrected chi connectivity index (χ4v) is 2.73. The van der Waals surface area contributed by atoms with Crippen molar-refractivity contribution in [3.05, 3.63) is 46.4 Å². The predicted octanol–water partition coefficient (Wildman–Crippen LogP) is 1.43. The van der Waals surface area contributed by atoms with Crippen molar-refractivity contribution in [3.63, 3.8) is 0 Å². The van der Waals surface area contributed by atoms with E-state index >= 15 is 0 Å². The maximum absolute atomic E-state index is 11.8. The normalized spacial score (nSPS) is 18.9. The molecular weight excluding hydrogens is 268 g/mol. The van der Waals surface area contributed by atoms with Crippen molar-refractivity contribution in [2.45, 2.75) is 32.4 Å². The van der Waals surface area contributed by atoms with Crippen molar-refractivity contribution in [2.24, 2.45) is 0 Å². The van der Waals surface area contributed by atoms with E-state index < -0.39 is 0 Å². The second-order valence-electron chi connectivity index (χ2n) is 5.42. The van der Waals surface area contributed by atoms with Gasteiger partial charge in [-0.15, -0.1) is 0 Å². The van der Waals surface area contributed by atoms with Crippen LogP contribution in [0.4, 0.5) is 5.82 Å². The van der Waals surface area contributed by atoms with E-state index in [-0.39, 0.29) is 5.56 Å². The molecule has 6 heteroatoms. The topological polar surface area (TPSA) is 74.2 Å². The Balaban J connectivity index is 1.61. The van der Waals surface area contributed by atoms with Gasteiger partial charge in [0.1, 0.15) is 11.5 Å². The molecule has 0 radical (unpaired) electrons. The van der Waals surface area contributed by atoms with Gasteiger partial charge in [-0.3, -0.25) is 4.79 Å².